The molecule has 0 aromatic heterocycles. The van der Waals surface area contributed by atoms with Gasteiger partial charge < -0.3 is 25.0 Å². The van der Waals surface area contributed by atoms with Crippen molar-refractivity contribution in [2.24, 2.45) is 5.92 Å². The van der Waals surface area contributed by atoms with Gasteiger partial charge in [-0.15, -0.1) is 0 Å². The van der Waals surface area contributed by atoms with Crippen LogP contribution in [0.15, 0.2) is 0 Å². The van der Waals surface area contributed by atoms with Gasteiger partial charge in [0.2, 0.25) is 0 Å². The summed E-state index contributed by atoms with van der Waals surface area (Å²) in [4.78, 5) is 1.84. The van der Waals surface area contributed by atoms with Gasteiger partial charge in [-0.25, -0.2) is 0 Å². The first kappa shape index (κ1) is 16.8. The molecule has 0 saturated carbocycles. The Morgan fingerprint density at radius 2 is 1.53 bits per heavy atom. The second-order valence-electron chi connectivity index (χ2n) is 5.13. The third kappa shape index (κ3) is 6.95. The molecule has 0 aromatic carbocycles. The maximum absolute atomic E-state index is 9.87. The largest absolute Gasteiger partial charge is 0.391 e. The van der Waals surface area contributed by atoms with Crippen molar-refractivity contribution in [3.05, 3.63) is 0 Å². The van der Waals surface area contributed by atoms with Crippen molar-refractivity contribution in [2.45, 2.75) is 45.2 Å². The van der Waals surface area contributed by atoms with Gasteiger partial charge >= 0.3 is 0 Å². The van der Waals surface area contributed by atoms with Crippen LogP contribution in [0.5, 0.6) is 0 Å². The molecular formula is C12H27NO4. The summed E-state index contributed by atoms with van der Waals surface area (Å²) in [5.74, 6) is -0.400. The quantitative estimate of drug-likeness (QED) is 0.550. The molecule has 0 aliphatic heterocycles. The minimum absolute atomic E-state index is 0.0128. The van der Waals surface area contributed by atoms with Crippen LogP contribution in [0.3, 0.4) is 0 Å². The predicted molar refractivity (Wildman–Crippen MR) is 66.8 cm³/mol. The van der Waals surface area contributed by atoms with Gasteiger partial charge in [-0.3, -0.25) is 0 Å². The van der Waals surface area contributed by atoms with E-state index in [1.807, 2.05) is 32.8 Å². The number of aliphatic hydroxyl groups is 3. The molecule has 0 amide bonds. The summed E-state index contributed by atoms with van der Waals surface area (Å²) in [6.07, 6.45) is -2.61. The van der Waals surface area contributed by atoms with E-state index in [0.29, 0.717) is 6.54 Å². The first-order valence-corrected chi connectivity index (χ1v) is 6.06. The van der Waals surface area contributed by atoms with E-state index in [0.717, 1.165) is 0 Å². The molecule has 5 nitrogen and oxygen atoms in total. The van der Waals surface area contributed by atoms with E-state index >= 15 is 0 Å². The van der Waals surface area contributed by atoms with Crippen LogP contribution in [0.2, 0.25) is 0 Å². The van der Waals surface area contributed by atoms with E-state index in [2.05, 4.69) is 0 Å². The molecule has 0 spiro atoms. The molecule has 0 aliphatic rings. The summed E-state index contributed by atoms with van der Waals surface area (Å²) in [7, 11) is 3.70. The molecule has 0 rings (SSSR count). The highest BCUT2D eigenvalue weighted by atomic mass is 16.5. The van der Waals surface area contributed by atoms with Crippen molar-refractivity contribution in [1.29, 1.82) is 0 Å². The molecule has 4 atom stereocenters. The molecule has 0 fully saturated rings. The summed E-state index contributed by atoms with van der Waals surface area (Å²) >= 11 is 0. The lowest BCUT2D eigenvalue weighted by Gasteiger charge is -2.29. The van der Waals surface area contributed by atoms with E-state index in [4.69, 9.17) is 4.74 Å². The third-order valence-electron chi connectivity index (χ3n) is 2.69. The first-order valence-electron chi connectivity index (χ1n) is 6.06. The Hall–Kier alpha value is -0.200. The van der Waals surface area contributed by atoms with Crippen LogP contribution < -0.4 is 0 Å². The van der Waals surface area contributed by atoms with Crippen LogP contribution in [0.25, 0.3) is 0 Å². The molecule has 0 heterocycles. The SMILES string of the molecule is CC(C)OCC(O)[C@@H](O)[C@H](C)C(O)CN(C)C. The molecule has 0 saturated heterocycles. The third-order valence-corrected chi connectivity index (χ3v) is 2.69. The molecule has 0 aliphatic carbocycles. The van der Waals surface area contributed by atoms with Crippen LogP contribution in [0.4, 0.5) is 0 Å². The standard InChI is InChI=1S/C12H27NO4/c1-8(2)17-7-11(15)12(16)9(3)10(14)6-13(4)5/h8-12,14-16H,6-7H2,1-5H3/t9-,10?,11?,12+/m1/s1. The Labute approximate surface area is 104 Å². The smallest absolute Gasteiger partial charge is 0.104 e. The lowest BCUT2D eigenvalue weighted by Crippen LogP contribution is -2.44. The fourth-order valence-corrected chi connectivity index (χ4v) is 1.51. The van der Waals surface area contributed by atoms with Gasteiger partial charge in [-0.05, 0) is 27.9 Å². The van der Waals surface area contributed by atoms with E-state index in [1.54, 1.807) is 6.92 Å². The van der Waals surface area contributed by atoms with Gasteiger partial charge in [0, 0.05) is 12.5 Å². The van der Waals surface area contributed by atoms with Crippen LogP contribution in [-0.2, 0) is 4.74 Å². The van der Waals surface area contributed by atoms with Gasteiger partial charge in [0.1, 0.15) is 6.10 Å². The van der Waals surface area contributed by atoms with E-state index in [-0.39, 0.29) is 12.7 Å². The summed E-state index contributed by atoms with van der Waals surface area (Å²) in [6.45, 7) is 5.98. The first-order chi connectivity index (χ1) is 7.75. The highest BCUT2D eigenvalue weighted by Crippen LogP contribution is 2.13. The summed E-state index contributed by atoms with van der Waals surface area (Å²) in [5.41, 5.74) is 0. The predicted octanol–water partition coefficient (Wildman–Crippen LogP) is -0.308. The summed E-state index contributed by atoms with van der Waals surface area (Å²) < 4.78 is 5.23. The molecule has 104 valence electrons. The number of rotatable bonds is 8. The molecule has 0 aromatic rings. The van der Waals surface area contributed by atoms with Crippen LogP contribution in [0, 0.1) is 5.92 Å². The fourth-order valence-electron chi connectivity index (χ4n) is 1.51. The average Bonchev–Trinajstić information content (AvgIpc) is 2.22. The number of ether oxygens (including phenoxy) is 1. The maximum atomic E-state index is 9.87. The molecule has 0 radical (unpaired) electrons. The maximum Gasteiger partial charge on any atom is 0.104 e. The van der Waals surface area contributed by atoms with Crippen molar-refractivity contribution in [2.75, 3.05) is 27.2 Å². The Morgan fingerprint density at radius 1 is 1.00 bits per heavy atom. The number of aliphatic hydroxyl groups excluding tert-OH is 3. The van der Waals surface area contributed by atoms with Crippen molar-refractivity contribution < 1.29 is 20.1 Å². The zero-order valence-corrected chi connectivity index (χ0v) is 11.5. The zero-order chi connectivity index (χ0) is 13.6. The van der Waals surface area contributed by atoms with E-state index in [9.17, 15) is 15.3 Å². The van der Waals surface area contributed by atoms with E-state index < -0.39 is 24.2 Å². The van der Waals surface area contributed by atoms with Crippen molar-refractivity contribution >= 4 is 0 Å². The van der Waals surface area contributed by atoms with Crippen LogP contribution >= 0.6 is 0 Å². The van der Waals surface area contributed by atoms with E-state index in [1.165, 1.54) is 0 Å². The zero-order valence-electron chi connectivity index (χ0n) is 11.5. The van der Waals surface area contributed by atoms with Gasteiger partial charge in [-0.2, -0.15) is 0 Å². The number of likely N-dealkylation sites (N-methyl/N-ethyl adjacent to an activating group) is 1. The lowest BCUT2D eigenvalue weighted by atomic mass is 9.94. The van der Waals surface area contributed by atoms with Crippen molar-refractivity contribution in [3.63, 3.8) is 0 Å². The van der Waals surface area contributed by atoms with Gasteiger partial charge in [0.05, 0.1) is 24.9 Å². The Kier molecular flexibility index (Phi) is 7.91. The Bertz CT molecular complexity index is 199. The second kappa shape index (κ2) is 8.00. The monoisotopic (exact) mass is 249 g/mol. The second-order valence-corrected chi connectivity index (χ2v) is 5.13. The summed E-state index contributed by atoms with van der Waals surface area (Å²) in [5, 5.41) is 29.4. The normalized spacial score (nSPS) is 19.4. The number of nitrogens with zero attached hydrogens (tertiary/aromatic N) is 1. The van der Waals surface area contributed by atoms with Gasteiger partial charge in [0.15, 0.2) is 0 Å². The average molecular weight is 249 g/mol. The minimum Gasteiger partial charge on any atom is -0.391 e. The van der Waals surface area contributed by atoms with Crippen molar-refractivity contribution in [3.8, 4) is 0 Å². The number of hydrogen-bond donors (Lipinski definition) is 3. The Balaban J connectivity index is 4.13. The molecule has 0 bridgehead atoms. The van der Waals surface area contributed by atoms with Crippen molar-refractivity contribution in [1.82, 2.24) is 4.90 Å². The molecule has 17 heavy (non-hydrogen) atoms. The Morgan fingerprint density at radius 3 is 1.94 bits per heavy atom. The summed E-state index contributed by atoms with van der Waals surface area (Å²) in [6, 6.07) is 0. The van der Waals surface area contributed by atoms with Gasteiger partial charge in [0.25, 0.3) is 0 Å². The highest BCUT2D eigenvalue weighted by Gasteiger charge is 2.28. The molecule has 2 unspecified atom stereocenters. The highest BCUT2D eigenvalue weighted by molar-refractivity contribution is 4.79. The van der Waals surface area contributed by atoms with Crippen LogP contribution in [-0.4, -0.2) is 71.9 Å². The minimum atomic E-state index is -0.983. The topological polar surface area (TPSA) is 73.2 Å². The fraction of sp³-hybridized carbons (Fsp3) is 1.00. The molecular weight excluding hydrogens is 222 g/mol. The number of hydrogen-bond acceptors (Lipinski definition) is 5. The lowest BCUT2D eigenvalue weighted by molar-refractivity contribution is -0.0917. The van der Waals surface area contributed by atoms with Crippen LogP contribution in [0.1, 0.15) is 20.8 Å². The molecule has 3 N–H and O–H groups in total. The van der Waals surface area contributed by atoms with Gasteiger partial charge in [-0.1, -0.05) is 6.92 Å². The molecule has 5 heteroatoms.